The molecule has 0 spiro atoms. The van der Waals surface area contributed by atoms with Crippen LogP contribution in [0.3, 0.4) is 0 Å². The van der Waals surface area contributed by atoms with Crippen LogP contribution in [0.5, 0.6) is 5.88 Å². The van der Waals surface area contributed by atoms with Gasteiger partial charge in [0.1, 0.15) is 12.0 Å². The fourth-order valence-corrected chi connectivity index (χ4v) is 1.35. The van der Waals surface area contributed by atoms with E-state index in [4.69, 9.17) is 14.5 Å². The number of nitriles is 1. The van der Waals surface area contributed by atoms with Crippen LogP contribution in [0.1, 0.15) is 18.7 Å². The zero-order valence-electron chi connectivity index (χ0n) is 9.83. The highest BCUT2D eigenvalue weighted by Gasteiger charge is 2.10. The lowest BCUT2D eigenvalue weighted by Crippen LogP contribution is -1.92. The van der Waals surface area contributed by atoms with Crippen molar-refractivity contribution in [2.45, 2.75) is 19.3 Å². The molecule has 0 radical (unpaired) electrons. The number of aromatic nitrogens is 4. The molecule has 0 aliphatic rings. The van der Waals surface area contributed by atoms with Gasteiger partial charge in [0.25, 0.3) is 0 Å². The lowest BCUT2D eigenvalue weighted by Gasteiger charge is -1.97. The van der Waals surface area contributed by atoms with Crippen LogP contribution in [0.15, 0.2) is 16.9 Å². The maximum atomic E-state index is 8.44. The van der Waals surface area contributed by atoms with Crippen LogP contribution in [-0.2, 0) is 6.42 Å². The maximum absolute atomic E-state index is 8.44. The molecule has 92 valence electrons. The molecule has 0 bridgehead atoms. The standard InChI is InChI=1S/C11H11N5O2/c1-17-10-6-8(13-7-14-10)11-15-9(18-16-11)4-2-3-5-12/h6-7H,2-4H2,1H3. The largest absolute Gasteiger partial charge is 0.481 e. The van der Waals surface area contributed by atoms with Crippen molar-refractivity contribution in [1.29, 1.82) is 5.26 Å². The van der Waals surface area contributed by atoms with Crippen molar-refractivity contribution in [1.82, 2.24) is 20.1 Å². The van der Waals surface area contributed by atoms with Crippen LogP contribution in [-0.4, -0.2) is 27.2 Å². The van der Waals surface area contributed by atoms with E-state index in [9.17, 15) is 0 Å². The summed E-state index contributed by atoms with van der Waals surface area (Å²) in [5.74, 6) is 1.33. The average molecular weight is 245 g/mol. The molecule has 0 aliphatic heterocycles. The monoisotopic (exact) mass is 245 g/mol. The molecule has 2 heterocycles. The fraction of sp³-hybridized carbons (Fsp3) is 0.364. The Morgan fingerprint density at radius 3 is 3.11 bits per heavy atom. The van der Waals surface area contributed by atoms with Gasteiger partial charge in [-0.2, -0.15) is 10.2 Å². The second-order valence-corrected chi connectivity index (χ2v) is 3.47. The predicted molar refractivity (Wildman–Crippen MR) is 60.4 cm³/mol. The molecule has 2 aromatic heterocycles. The molecule has 0 saturated heterocycles. The highest BCUT2D eigenvalue weighted by atomic mass is 16.5. The van der Waals surface area contributed by atoms with Gasteiger partial charge in [0, 0.05) is 18.9 Å². The van der Waals surface area contributed by atoms with Crippen LogP contribution in [0.4, 0.5) is 0 Å². The van der Waals surface area contributed by atoms with Crippen molar-refractivity contribution in [3.05, 3.63) is 18.3 Å². The summed E-state index contributed by atoms with van der Waals surface area (Å²) < 4.78 is 10.1. The molecule has 2 rings (SSSR count). The minimum absolute atomic E-state index is 0.391. The molecule has 0 aromatic carbocycles. The van der Waals surface area contributed by atoms with E-state index in [1.165, 1.54) is 13.4 Å². The molecule has 7 heteroatoms. The molecule has 2 aromatic rings. The maximum Gasteiger partial charge on any atom is 0.227 e. The zero-order chi connectivity index (χ0) is 12.8. The third kappa shape index (κ3) is 2.79. The Morgan fingerprint density at radius 1 is 1.44 bits per heavy atom. The summed E-state index contributed by atoms with van der Waals surface area (Å²) in [5.41, 5.74) is 0.539. The van der Waals surface area contributed by atoms with Crippen LogP contribution in [0.25, 0.3) is 11.5 Å². The van der Waals surface area contributed by atoms with E-state index in [1.54, 1.807) is 6.07 Å². The van der Waals surface area contributed by atoms with E-state index in [1.807, 2.05) is 0 Å². The highest BCUT2D eigenvalue weighted by molar-refractivity contribution is 5.49. The molecule has 0 unspecified atom stereocenters. The molecule has 0 saturated carbocycles. The summed E-state index contributed by atoms with van der Waals surface area (Å²) in [4.78, 5) is 12.1. The van der Waals surface area contributed by atoms with E-state index in [-0.39, 0.29) is 0 Å². The van der Waals surface area contributed by atoms with Gasteiger partial charge in [-0.25, -0.2) is 9.97 Å². The van der Waals surface area contributed by atoms with Gasteiger partial charge in [-0.1, -0.05) is 5.16 Å². The Labute approximate surface area is 103 Å². The Kier molecular flexibility index (Phi) is 3.81. The van der Waals surface area contributed by atoms with E-state index in [0.717, 1.165) is 0 Å². The first-order valence-corrected chi connectivity index (χ1v) is 5.39. The normalized spacial score (nSPS) is 10.0. The minimum atomic E-state index is 0.391. The van der Waals surface area contributed by atoms with Gasteiger partial charge in [0.2, 0.25) is 17.6 Å². The Bertz CT molecular complexity index is 561. The highest BCUT2D eigenvalue weighted by Crippen LogP contribution is 2.16. The first-order chi connectivity index (χ1) is 8.83. The van der Waals surface area contributed by atoms with Crippen molar-refractivity contribution >= 4 is 0 Å². The summed E-state index contributed by atoms with van der Waals surface area (Å²) in [5, 5.41) is 12.3. The zero-order valence-corrected chi connectivity index (χ0v) is 9.83. The average Bonchev–Trinajstić information content (AvgIpc) is 2.88. The fourth-order valence-electron chi connectivity index (χ4n) is 1.35. The SMILES string of the molecule is COc1cc(-c2noc(CCCC#N)n2)ncn1. The molecule has 0 N–H and O–H groups in total. The Morgan fingerprint density at radius 2 is 2.33 bits per heavy atom. The quantitative estimate of drug-likeness (QED) is 0.734. The third-order valence-corrected chi connectivity index (χ3v) is 2.23. The molecular weight excluding hydrogens is 234 g/mol. The summed E-state index contributed by atoms with van der Waals surface area (Å²) in [7, 11) is 1.52. The van der Waals surface area contributed by atoms with Gasteiger partial charge in [0.15, 0.2) is 0 Å². The Hall–Kier alpha value is -2.49. The van der Waals surface area contributed by atoms with Crippen molar-refractivity contribution in [2.75, 3.05) is 7.11 Å². The van der Waals surface area contributed by atoms with Gasteiger partial charge in [-0.05, 0) is 6.42 Å². The van der Waals surface area contributed by atoms with Crippen molar-refractivity contribution in [3.8, 4) is 23.5 Å². The lowest BCUT2D eigenvalue weighted by atomic mass is 10.2. The summed E-state index contributed by atoms with van der Waals surface area (Å²) >= 11 is 0. The molecule has 0 amide bonds. The van der Waals surface area contributed by atoms with Crippen LogP contribution < -0.4 is 4.74 Å². The minimum Gasteiger partial charge on any atom is -0.481 e. The summed E-state index contributed by atoms with van der Waals surface area (Å²) in [6.45, 7) is 0. The second kappa shape index (κ2) is 5.72. The van der Waals surface area contributed by atoms with E-state index < -0.39 is 0 Å². The van der Waals surface area contributed by atoms with Crippen molar-refractivity contribution in [2.24, 2.45) is 0 Å². The summed E-state index contributed by atoms with van der Waals surface area (Å²) in [6, 6.07) is 3.69. The third-order valence-electron chi connectivity index (χ3n) is 2.23. The topological polar surface area (TPSA) is 97.7 Å². The van der Waals surface area contributed by atoms with E-state index in [0.29, 0.717) is 42.6 Å². The predicted octanol–water partition coefficient (Wildman–Crippen LogP) is 1.38. The van der Waals surface area contributed by atoms with Crippen molar-refractivity contribution < 1.29 is 9.26 Å². The van der Waals surface area contributed by atoms with Gasteiger partial charge < -0.3 is 9.26 Å². The lowest BCUT2D eigenvalue weighted by molar-refractivity contribution is 0.376. The first-order valence-electron chi connectivity index (χ1n) is 5.39. The van der Waals surface area contributed by atoms with Crippen LogP contribution >= 0.6 is 0 Å². The molecule has 7 nitrogen and oxygen atoms in total. The number of hydrogen-bond acceptors (Lipinski definition) is 7. The first kappa shape index (κ1) is 12.0. The van der Waals surface area contributed by atoms with E-state index >= 15 is 0 Å². The number of hydrogen-bond donors (Lipinski definition) is 0. The number of aryl methyl sites for hydroxylation is 1. The number of unbranched alkanes of at least 4 members (excludes halogenated alkanes) is 1. The molecule has 18 heavy (non-hydrogen) atoms. The van der Waals surface area contributed by atoms with Gasteiger partial charge in [-0.15, -0.1) is 0 Å². The number of rotatable bonds is 5. The number of methoxy groups -OCH3 is 1. The molecule has 0 atom stereocenters. The van der Waals surface area contributed by atoms with E-state index in [2.05, 4.69) is 26.2 Å². The molecule has 0 fully saturated rings. The summed E-state index contributed by atoms with van der Waals surface area (Å²) in [6.07, 6.45) is 3.13. The molecular formula is C11H11N5O2. The van der Waals surface area contributed by atoms with Crippen LogP contribution in [0, 0.1) is 11.3 Å². The second-order valence-electron chi connectivity index (χ2n) is 3.47. The van der Waals surface area contributed by atoms with Crippen molar-refractivity contribution in [3.63, 3.8) is 0 Å². The smallest absolute Gasteiger partial charge is 0.227 e. The number of ether oxygens (including phenoxy) is 1. The molecule has 0 aliphatic carbocycles. The van der Waals surface area contributed by atoms with Gasteiger partial charge >= 0.3 is 0 Å². The Balaban J connectivity index is 2.11. The van der Waals surface area contributed by atoms with Gasteiger partial charge in [0.05, 0.1) is 13.2 Å². The van der Waals surface area contributed by atoms with Gasteiger partial charge in [-0.3, -0.25) is 0 Å². The van der Waals surface area contributed by atoms with Crippen LogP contribution in [0.2, 0.25) is 0 Å². The number of nitrogens with zero attached hydrogens (tertiary/aromatic N) is 5.